The Morgan fingerprint density at radius 1 is 1.12 bits per heavy atom. The van der Waals surface area contributed by atoms with Gasteiger partial charge in [0.15, 0.2) is 10.8 Å². The number of methoxy groups -OCH3 is 1. The largest absolute Gasteiger partial charge is 0.466 e. The number of amidine groups is 1. The first-order valence-electron chi connectivity index (χ1n) is 15.4. The molecule has 7 rings (SSSR count). The Hall–Kier alpha value is -4.74. The Balaban J connectivity index is 1.10. The minimum atomic E-state index is -0.849. The number of benzene rings is 3. The third kappa shape index (κ3) is 6.78. The van der Waals surface area contributed by atoms with Gasteiger partial charge in [0.25, 0.3) is 0 Å². The van der Waals surface area contributed by atoms with Crippen LogP contribution in [-0.4, -0.2) is 78.5 Å². The van der Waals surface area contributed by atoms with Gasteiger partial charge >= 0.3 is 12.0 Å². The maximum absolute atomic E-state index is 14.0. The van der Waals surface area contributed by atoms with E-state index in [0.29, 0.717) is 60.4 Å². The van der Waals surface area contributed by atoms with E-state index in [4.69, 9.17) is 26.6 Å². The number of rotatable bonds is 8. The number of urea groups is 1. The molecule has 4 heterocycles. The average Bonchev–Trinajstić information content (AvgIpc) is 3.77. The van der Waals surface area contributed by atoms with Gasteiger partial charge < -0.3 is 15.0 Å². The molecule has 10 nitrogen and oxygen atoms in total. The normalized spacial score (nSPS) is 19.3. The first-order chi connectivity index (χ1) is 23.8. The second-order valence-electron chi connectivity index (χ2n) is 11.6. The fraction of sp³-hybridized carbons (Fsp3) is 0.229. The molecule has 3 aromatic carbocycles. The van der Waals surface area contributed by atoms with Crippen molar-refractivity contribution in [1.82, 2.24) is 20.1 Å². The Labute approximate surface area is 295 Å². The molecule has 248 valence electrons. The van der Waals surface area contributed by atoms with E-state index in [2.05, 4.69) is 21.3 Å². The number of anilines is 1. The number of carbonyl (C=O) groups excluding carboxylic acids is 2. The van der Waals surface area contributed by atoms with Gasteiger partial charge in [0, 0.05) is 76.1 Å². The monoisotopic (exact) mass is 713 g/mol. The Morgan fingerprint density at radius 2 is 1.88 bits per heavy atom. The molecule has 2 atom stereocenters. The molecule has 0 bridgehead atoms. The van der Waals surface area contributed by atoms with Gasteiger partial charge in [0.05, 0.1) is 30.4 Å². The van der Waals surface area contributed by atoms with Crippen LogP contribution in [0.1, 0.15) is 22.2 Å². The SMILES string of the molecule is COC(=O)C1=C(CN2CCN3C(=O)N(c4ccc(Sc5ccc(C#N)cc5)cc4)C[C@@H]3C2)NC(c2nccs2)=N[C@H]1c1ccc(F)cc1Cl. The molecule has 0 radical (unpaired) electrons. The Kier molecular flexibility index (Phi) is 9.38. The summed E-state index contributed by atoms with van der Waals surface area (Å²) >= 11 is 9.49. The van der Waals surface area contributed by atoms with Gasteiger partial charge in [-0.2, -0.15) is 5.26 Å². The van der Waals surface area contributed by atoms with E-state index in [0.717, 1.165) is 15.5 Å². The van der Waals surface area contributed by atoms with E-state index in [1.54, 1.807) is 30.1 Å². The third-order valence-corrected chi connectivity index (χ3v) is 10.7. The number of hydrogen-bond acceptors (Lipinski definition) is 10. The molecular weight excluding hydrogens is 685 g/mol. The summed E-state index contributed by atoms with van der Waals surface area (Å²) < 4.78 is 19.2. The number of aliphatic imine (C=N–C) groups is 1. The summed E-state index contributed by atoms with van der Waals surface area (Å²) in [5.74, 6) is -0.590. The van der Waals surface area contributed by atoms with Crippen molar-refractivity contribution in [2.75, 3.05) is 44.7 Å². The summed E-state index contributed by atoms with van der Waals surface area (Å²) in [6.07, 6.45) is 1.67. The molecule has 2 saturated heterocycles. The molecule has 0 aliphatic carbocycles. The van der Waals surface area contributed by atoms with Gasteiger partial charge in [-0.1, -0.05) is 29.4 Å². The van der Waals surface area contributed by atoms with Crippen LogP contribution in [0.3, 0.4) is 0 Å². The third-order valence-electron chi connectivity index (χ3n) is 8.61. The number of fused-ring (bicyclic) bond motifs is 1. The zero-order valence-corrected chi connectivity index (χ0v) is 28.6. The van der Waals surface area contributed by atoms with Gasteiger partial charge in [-0.25, -0.2) is 19.0 Å². The molecule has 0 saturated carbocycles. The molecule has 14 heteroatoms. The average molecular weight is 714 g/mol. The van der Waals surface area contributed by atoms with E-state index >= 15 is 0 Å². The lowest BCUT2D eigenvalue weighted by Crippen LogP contribution is -2.53. The van der Waals surface area contributed by atoms with E-state index < -0.39 is 17.8 Å². The molecule has 0 unspecified atom stereocenters. The van der Waals surface area contributed by atoms with Gasteiger partial charge in [0.2, 0.25) is 0 Å². The summed E-state index contributed by atoms with van der Waals surface area (Å²) in [4.78, 5) is 44.1. The predicted octanol–water partition coefficient (Wildman–Crippen LogP) is 6.10. The number of piperazine rings is 1. The van der Waals surface area contributed by atoms with Crippen LogP contribution in [0.15, 0.2) is 104 Å². The summed E-state index contributed by atoms with van der Waals surface area (Å²) in [6.45, 7) is 2.56. The number of ether oxygens (including phenoxy) is 1. The van der Waals surface area contributed by atoms with E-state index in [9.17, 15) is 14.0 Å². The molecule has 0 spiro atoms. The van der Waals surface area contributed by atoms with Crippen LogP contribution < -0.4 is 10.2 Å². The van der Waals surface area contributed by atoms with Crippen molar-refractivity contribution in [3.8, 4) is 6.07 Å². The van der Waals surface area contributed by atoms with Crippen molar-refractivity contribution in [2.45, 2.75) is 21.9 Å². The topological polar surface area (TPSA) is 114 Å². The highest BCUT2D eigenvalue weighted by atomic mass is 35.5. The number of carbonyl (C=O) groups is 2. The second-order valence-corrected chi connectivity index (χ2v) is 14.0. The molecule has 3 aliphatic heterocycles. The lowest BCUT2D eigenvalue weighted by Gasteiger charge is -2.38. The maximum atomic E-state index is 14.0. The smallest absolute Gasteiger partial charge is 0.338 e. The summed E-state index contributed by atoms with van der Waals surface area (Å²) in [5, 5.41) is 15.0. The Bertz CT molecular complexity index is 2000. The van der Waals surface area contributed by atoms with Crippen molar-refractivity contribution < 1.29 is 18.7 Å². The maximum Gasteiger partial charge on any atom is 0.338 e. The molecule has 3 aliphatic rings. The fourth-order valence-corrected chi connectivity index (χ4v) is 7.93. The second kappa shape index (κ2) is 14.0. The van der Waals surface area contributed by atoms with Crippen LogP contribution in [-0.2, 0) is 9.53 Å². The van der Waals surface area contributed by atoms with Crippen LogP contribution in [0.25, 0.3) is 0 Å². The number of amides is 2. The van der Waals surface area contributed by atoms with Crippen LogP contribution >= 0.6 is 34.7 Å². The zero-order chi connectivity index (χ0) is 34.1. The van der Waals surface area contributed by atoms with E-state index in [-0.39, 0.29) is 22.7 Å². The lowest BCUT2D eigenvalue weighted by molar-refractivity contribution is -0.136. The van der Waals surface area contributed by atoms with Crippen LogP contribution in [0.4, 0.5) is 14.9 Å². The number of hydrogen-bond donors (Lipinski definition) is 1. The number of nitriles is 1. The summed E-state index contributed by atoms with van der Waals surface area (Å²) in [6, 6.07) is 20.6. The van der Waals surface area contributed by atoms with Crippen molar-refractivity contribution in [1.29, 1.82) is 5.26 Å². The standard InChI is InChI=1S/C35H29ClFN7O3S2/c1-47-34(45)30-29(40-32(33-39-12-15-48-33)41-31(30)27-11-4-22(37)16-28(27)36)20-42-13-14-43-24(18-42)19-44(35(43)46)23-5-9-26(10-6-23)49-25-7-2-21(17-38)3-8-25/h2-12,15-16,24,31H,13-14,18-20H2,1H3,(H,40,41)/t24-,31-/m0/s1. The zero-order valence-electron chi connectivity index (χ0n) is 26.2. The molecule has 1 N–H and O–H groups in total. The quantitative estimate of drug-likeness (QED) is 0.218. The van der Waals surface area contributed by atoms with Crippen molar-refractivity contribution in [2.24, 2.45) is 4.99 Å². The van der Waals surface area contributed by atoms with Gasteiger partial charge in [-0.05, 0) is 60.7 Å². The van der Waals surface area contributed by atoms with Crippen molar-refractivity contribution >= 4 is 58.2 Å². The minimum absolute atomic E-state index is 0.0355. The number of nitrogens with zero attached hydrogens (tertiary/aromatic N) is 6. The van der Waals surface area contributed by atoms with Crippen LogP contribution in [0.5, 0.6) is 0 Å². The van der Waals surface area contributed by atoms with Crippen LogP contribution in [0.2, 0.25) is 5.02 Å². The predicted molar refractivity (Wildman–Crippen MR) is 186 cm³/mol. The Morgan fingerprint density at radius 3 is 2.55 bits per heavy atom. The number of halogens is 2. The van der Waals surface area contributed by atoms with Gasteiger partial charge in [-0.15, -0.1) is 11.3 Å². The van der Waals surface area contributed by atoms with Crippen LogP contribution in [0, 0.1) is 17.1 Å². The van der Waals surface area contributed by atoms with E-state index in [1.807, 2.05) is 51.6 Å². The molecule has 49 heavy (non-hydrogen) atoms. The minimum Gasteiger partial charge on any atom is -0.466 e. The summed E-state index contributed by atoms with van der Waals surface area (Å²) in [5.41, 5.74) is 2.78. The highest BCUT2D eigenvalue weighted by Crippen LogP contribution is 2.37. The first kappa shape index (κ1) is 32.8. The van der Waals surface area contributed by atoms with Gasteiger partial charge in [0.1, 0.15) is 11.9 Å². The number of aromatic nitrogens is 1. The highest BCUT2D eigenvalue weighted by Gasteiger charge is 2.42. The highest BCUT2D eigenvalue weighted by molar-refractivity contribution is 7.99. The molecule has 2 amide bonds. The number of nitrogens with one attached hydrogen (secondary N) is 1. The summed E-state index contributed by atoms with van der Waals surface area (Å²) in [7, 11) is 1.31. The number of esters is 1. The first-order valence-corrected chi connectivity index (χ1v) is 17.5. The molecule has 4 aromatic rings. The van der Waals surface area contributed by atoms with Crippen molar-refractivity contribution in [3.63, 3.8) is 0 Å². The van der Waals surface area contributed by atoms with Crippen molar-refractivity contribution in [3.05, 3.63) is 117 Å². The van der Waals surface area contributed by atoms with Gasteiger partial charge in [-0.3, -0.25) is 14.8 Å². The lowest BCUT2D eigenvalue weighted by atomic mass is 9.95. The molecular formula is C35H29ClFN7O3S2. The fourth-order valence-electron chi connectivity index (χ4n) is 6.25. The number of thiazole rings is 1. The molecule has 1 aromatic heterocycles. The van der Waals surface area contributed by atoms with E-state index in [1.165, 1.54) is 36.6 Å². The molecule has 2 fully saturated rings.